The maximum atomic E-state index is 9.08. The van der Waals surface area contributed by atoms with Crippen molar-refractivity contribution in [2.75, 3.05) is 9.80 Å². The molecule has 0 aliphatic carbocycles. The van der Waals surface area contributed by atoms with Gasteiger partial charge in [-0.05, 0) is 179 Å². The molecule has 7 heteroatoms. The van der Waals surface area contributed by atoms with Gasteiger partial charge in [0.05, 0.1) is 0 Å². The van der Waals surface area contributed by atoms with Gasteiger partial charge in [-0.15, -0.1) is 0 Å². The summed E-state index contributed by atoms with van der Waals surface area (Å²) in [5.74, 6) is 0. The number of nitrogens with zero attached hydrogens (tertiary/aromatic N) is 2. The van der Waals surface area contributed by atoms with Crippen molar-refractivity contribution in [1.82, 2.24) is 0 Å². The van der Waals surface area contributed by atoms with Crippen LogP contribution in [0.25, 0.3) is 76.8 Å². The zero-order valence-electron chi connectivity index (χ0n) is 46.4. The number of hydrogen-bond donors (Lipinski definition) is 2. The van der Waals surface area contributed by atoms with Crippen molar-refractivity contribution in [2.45, 2.75) is 0 Å². The molecule has 0 saturated carbocycles. The summed E-state index contributed by atoms with van der Waals surface area (Å²) in [6.45, 7) is 0. The fourth-order valence-corrected chi connectivity index (χ4v) is 11.5. The molecule has 14 aromatic rings. The summed E-state index contributed by atoms with van der Waals surface area (Å²) in [6, 6.07) is 117. The Balaban J connectivity index is 0.000000149. The normalized spacial score (nSPS) is 10.8. The van der Waals surface area contributed by atoms with Gasteiger partial charge in [-0.2, -0.15) is 0 Å². The first kappa shape index (κ1) is 55.9. The van der Waals surface area contributed by atoms with E-state index in [-0.39, 0.29) is 0 Å². The van der Waals surface area contributed by atoms with Gasteiger partial charge in [-0.25, -0.2) is 0 Å². The maximum Gasteiger partial charge on any atom is 0.489 e. The fourth-order valence-electron chi connectivity index (χ4n) is 11.0. The van der Waals surface area contributed by atoms with Crippen LogP contribution < -0.4 is 15.3 Å². The van der Waals surface area contributed by atoms with Crippen LogP contribution >= 0.6 is 31.9 Å². The maximum absolute atomic E-state index is 9.08. The van der Waals surface area contributed by atoms with Gasteiger partial charge in [0.1, 0.15) is 0 Å². The van der Waals surface area contributed by atoms with Gasteiger partial charge in [0, 0.05) is 43.1 Å². The largest absolute Gasteiger partial charge is 0.489 e. The molecule has 85 heavy (non-hydrogen) atoms. The van der Waals surface area contributed by atoms with Crippen molar-refractivity contribution >= 4 is 111 Å². The number of fused-ring (bicyclic) bond motifs is 3. The second-order valence-corrected chi connectivity index (χ2v) is 22.4. The summed E-state index contributed by atoms with van der Waals surface area (Å²) in [6.07, 6.45) is 0. The van der Waals surface area contributed by atoms with E-state index in [2.05, 4.69) is 327 Å². The van der Waals surface area contributed by atoms with Crippen molar-refractivity contribution in [3.8, 4) is 44.5 Å². The predicted molar refractivity (Wildman–Crippen MR) is 368 cm³/mol. The van der Waals surface area contributed by atoms with E-state index in [9.17, 15) is 0 Å². The van der Waals surface area contributed by atoms with Crippen molar-refractivity contribution < 1.29 is 10.0 Å². The second kappa shape index (κ2) is 26.3. The van der Waals surface area contributed by atoms with E-state index in [1.165, 1.54) is 66.1 Å². The van der Waals surface area contributed by atoms with Gasteiger partial charge in [0.25, 0.3) is 0 Å². The smallest absolute Gasteiger partial charge is 0.423 e. The number of hydrogen-bond acceptors (Lipinski definition) is 4. The molecule has 2 N–H and O–H groups in total. The molecule has 408 valence electrons. The lowest BCUT2D eigenvalue weighted by Crippen LogP contribution is -2.30. The SMILES string of the molecule is Brc1ccc(N(c2ccc(Br)cc2)c2ccc(-c3ccccc3)cc2)cc1.OB(O)c1cccc2ccccc12.c1ccc(-c2ccc(N(c3ccc(-c4cccc5ccccc45)cc3)c3ccc(-c4cccc5ccccc45)cc3)cc2)cc1. The quantitative estimate of drug-likeness (QED) is 0.127. The summed E-state index contributed by atoms with van der Waals surface area (Å²) >= 11 is 7.05. The van der Waals surface area contributed by atoms with Crippen LogP contribution in [0.4, 0.5) is 34.1 Å². The van der Waals surface area contributed by atoms with Crippen molar-refractivity contribution in [3.63, 3.8) is 0 Å². The van der Waals surface area contributed by atoms with Gasteiger partial charge in [0.15, 0.2) is 0 Å². The third kappa shape index (κ3) is 13.0. The Morgan fingerprint density at radius 3 is 0.835 bits per heavy atom. The number of halogens is 2. The first-order valence-electron chi connectivity index (χ1n) is 28.2. The highest BCUT2D eigenvalue weighted by Crippen LogP contribution is 2.40. The van der Waals surface area contributed by atoms with E-state index in [4.69, 9.17) is 10.0 Å². The summed E-state index contributed by atoms with van der Waals surface area (Å²) in [5, 5.41) is 25.1. The Morgan fingerprint density at radius 2 is 0.482 bits per heavy atom. The van der Waals surface area contributed by atoms with E-state index in [0.717, 1.165) is 53.8 Å². The van der Waals surface area contributed by atoms with E-state index in [0.29, 0.717) is 5.46 Å². The minimum absolute atomic E-state index is 0.554. The molecular formula is C78H57BBr2N2O2. The van der Waals surface area contributed by atoms with Crippen molar-refractivity contribution in [2.24, 2.45) is 0 Å². The van der Waals surface area contributed by atoms with Gasteiger partial charge < -0.3 is 19.8 Å². The van der Waals surface area contributed by atoms with Gasteiger partial charge >= 0.3 is 7.12 Å². The molecular weight excluding hydrogens is 1170 g/mol. The molecule has 4 nitrogen and oxygen atoms in total. The Morgan fingerprint density at radius 1 is 0.224 bits per heavy atom. The van der Waals surface area contributed by atoms with E-state index in [1.54, 1.807) is 6.07 Å². The molecule has 0 heterocycles. The number of anilines is 6. The molecule has 0 radical (unpaired) electrons. The molecule has 14 aromatic carbocycles. The Kier molecular flexibility index (Phi) is 17.3. The van der Waals surface area contributed by atoms with E-state index < -0.39 is 7.12 Å². The first-order chi connectivity index (χ1) is 41.8. The van der Waals surface area contributed by atoms with E-state index in [1.807, 2.05) is 42.5 Å². The summed E-state index contributed by atoms with van der Waals surface area (Å²) in [7, 11) is -1.40. The summed E-state index contributed by atoms with van der Waals surface area (Å²) < 4.78 is 2.14. The monoisotopic (exact) mass is 1220 g/mol. The van der Waals surface area contributed by atoms with Gasteiger partial charge in [-0.3, -0.25) is 0 Å². The van der Waals surface area contributed by atoms with Crippen LogP contribution in [-0.4, -0.2) is 17.2 Å². The molecule has 0 unspecified atom stereocenters. The minimum atomic E-state index is -1.40. The average molecular weight is 1220 g/mol. The van der Waals surface area contributed by atoms with Gasteiger partial charge in [0.2, 0.25) is 0 Å². The highest BCUT2D eigenvalue weighted by molar-refractivity contribution is 9.10. The Bertz CT molecular complexity index is 4310. The van der Waals surface area contributed by atoms with Crippen molar-refractivity contribution in [3.05, 3.63) is 343 Å². The highest BCUT2D eigenvalue weighted by Gasteiger charge is 2.17. The van der Waals surface area contributed by atoms with Crippen LogP contribution in [0.5, 0.6) is 0 Å². The zero-order valence-corrected chi connectivity index (χ0v) is 49.5. The van der Waals surface area contributed by atoms with Crippen LogP contribution in [0.3, 0.4) is 0 Å². The second-order valence-electron chi connectivity index (χ2n) is 20.5. The van der Waals surface area contributed by atoms with Crippen LogP contribution in [0.2, 0.25) is 0 Å². The van der Waals surface area contributed by atoms with Gasteiger partial charge in [-0.1, -0.05) is 268 Å². The third-order valence-electron chi connectivity index (χ3n) is 15.2. The number of rotatable bonds is 11. The van der Waals surface area contributed by atoms with Crippen LogP contribution in [-0.2, 0) is 0 Å². The topological polar surface area (TPSA) is 46.9 Å². The average Bonchev–Trinajstić information content (AvgIpc) is 3.70. The lowest BCUT2D eigenvalue weighted by Gasteiger charge is -2.26. The molecule has 0 saturated heterocycles. The molecule has 0 fully saturated rings. The summed E-state index contributed by atoms with van der Waals surface area (Å²) in [4.78, 5) is 4.60. The molecule has 0 aliphatic heterocycles. The lowest BCUT2D eigenvalue weighted by molar-refractivity contribution is 0.426. The highest BCUT2D eigenvalue weighted by atomic mass is 79.9. The standard InChI is InChI=1S/C44H31N.C24H17Br2N.C10H9BO2/c1-2-10-32(11-3-1)33-20-26-38(27-21-33)45(39-28-22-36(23-29-39)43-18-8-14-34-12-4-6-16-41(34)43)40-30-24-37(25-31-40)44-19-9-15-35-13-5-7-17-42(35)44;25-20-8-14-23(15-9-20)27(24-16-10-21(26)11-17-24)22-12-6-19(7-13-22)18-4-2-1-3-5-18;12-11(13)10-7-3-5-8-4-1-2-6-9(8)10/h1-31H;1-17H;1-7,12-13H. The van der Waals surface area contributed by atoms with E-state index >= 15 is 0 Å². The molecule has 14 rings (SSSR count). The third-order valence-corrected chi connectivity index (χ3v) is 16.2. The van der Waals surface area contributed by atoms with Crippen molar-refractivity contribution in [1.29, 1.82) is 0 Å². The molecule has 0 aliphatic rings. The Hall–Kier alpha value is -9.60. The first-order valence-corrected chi connectivity index (χ1v) is 29.8. The lowest BCUT2D eigenvalue weighted by atomic mass is 9.77. The van der Waals surface area contributed by atoms with Crippen LogP contribution in [0.1, 0.15) is 0 Å². The Labute approximate surface area is 514 Å². The molecule has 0 spiro atoms. The molecule has 0 atom stereocenters. The number of benzene rings is 14. The molecule has 0 bridgehead atoms. The molecule has 0 amide bonds. The van der Waals surface area contributed by atoms with Crippen LogP contribution in [0, 0.1) is 0 Å². The van der Waals surface area contributed by atoms with Crippen LogP contribution in [0.15, 0.2) is 343 Å². The molecule has 0 aromatic heterocycles. The predicted octanol–water partition coefficient (Wildman–Crippen LogP) is 21.3. The summed E-state index contributed by atoms with van der Waals surface area (Å²) in [5.41, 5.74) is 17.0. The zero-order chi connectivity index (χ0) is 57.9. The minimum Gasteiger partial charge on any atom is -0.423 e. The fraction of sp³-hybridized carbons (Fsp3) is 0.